The maximum Gasteiger partial charge on any atom is 0.245 e. The second kappa shape index (κ2) is 6.07. The first-order valence-electron chi connectivity index (χ1n) is 6.88. The Morgan fingerprint density at radius 1 is 1.55 bits per heavy atom. The van der Waals surface area contributed by atoms with Gasteiger partial charge in [0.2, 0.25) is 5.95 Å². The van der Waals surface area contributed by atoms with E-state index in [-0.39, 0.29) is 6.61 Å². The largest absolute Gasteiger partial charge is 0.395 e. The Labute approximate surface area is 125 Å². The Kier molecular flexibility index (Phi) is 4.18. The van der Waals surface area contributed by atoms with Crippen LogP contribution in [0, 0.1) is 0 Å². The molecule has 2 N–H and O–H groups in total. The van der Waals surface area contributed by atoms with Gasteiger partial charge in [0.1, 0.15) is 0 Å². The molecule has 3 heterocycles. The monoisotopic (exact) mass is 339 g/mol. The van der Waals surface area contributed by atoms with E-state index in [1.807, 2.05) is 23.2 Å². The molecule has 1 saturated heterocycles. The van der Waals surface area contributed by atoms with Crippen molar-refractivity contribution in [3.8, 4) is 0 Å². The van der Waals surface area contributed by atoms with Crippen LogP contribution in [0.2, 0.25) is 0 Å². The Bertz CT molecular complexity index is 581. The minimum atomic E-state index is 0.101. The first kappa shape index (κ1) is 13.8. The molecule has 7 heteroatoms. The lowest BCUT2D eigenvalue weighted by Crippen LogP contribution is -2.39. The molecule has 0 aromatic carbocycles. The molecule has 0 radical (unpaired) electrons. The van der Waals surface area contributed by atoms with E-state index < -0.39 is 0 Å². The second-order valence-electron chi connectivity index (χ2n) is 5.00. The van der Waals surface area contributed by atoms with E-state index in [0.717, 1.165) is 23.2 Å². The molecule has 1 unspecified atom stereocenters. The molecule has 2 aromatic heterocycles. The molecule has 1 atom stereocenters. The van der Waals surface area contributed by atoms with E-state index in [4.69, 9.17) is 0 Å². The SMILES string of the molecule is OCCN(CC1CCCN1)c1nc2c(Br)cccn2n1. The number of pyridine rings is 1. The van der Waals surface area contributed by atoms with Crippen molar-refractivity contribution in [3.63, 3.8) is 0 Å². The Morgan fingerprint density at radius 3 is 3.15 bits per heavy atom. The van der Waals surface area contributed by atoms with E-state index in [9.17, 15) is 5.11 Å². The predicted molar refractivity (Wildman–Crippen MR) is 81.0 cm³/mol. The molecule has 20 heavy (non-hydrogen) atoms. The van der Waals surface area contributed by atoms with Crippen LogP contribution in [0.25, 0.3) is 5.65 Å². The summed E-state index contributed by atoms with van der Waals surface area (Å²) in [5, 5.41) is 17.2. The number of nitrogens with one attached hydrogen (secondary N) is 1. The van der Waals surface area contributed by atoms with Crippen LogP contribution >= 0.6 is 15.9 Å². The summed E-state index contributed by atoms with van der Waals surface area (Å²) in [4.78, 5) is 6.61. The van der Waals surface area contributed by atoms with Gasteiger partial charge in [-0.05, 0) is 47.4 Å². The van der Waals surface area contributed by atoms with Crippen molar-refractivity contribution < 1.29 is 5.11 Å². The zero-order chi connectivity index (χ0) is 13.9. The fourth-order valence-corrected chi connectivity index (χ4v) is 2.99. The summed E-state index contributed by atoms with van der Waals surface area (Å²) < 4.78 is 2.67. The van der Waals surface area contributed by atoms with Gasteiger partial charge in [-0.2, -0.15) is 4.98 Å². The van der Waals surface area contributed by atoms with Gasteiger partial charge in [0.05, 0.1) is 11.1 Å². The molecule has 1 aliphatic rings. The Balaban J connectivity index is 1.86. The van der Waals surface area contributed by atoms with E-state index >= 15 is 0 Å². The van der Waals surface area contributed by atoms with Gasteiger partial charge in [-0.3, -0.25) is 0 Å². The van der Waals surface area contributed by atoms with Gasteiger partial charge < -0.3 is 15.3 Å². The van der Waals surface area contributed by atoms with Crippen molar-refractivity contribution in [2.45, 2.75) is 18.9 Å². The lowest BCUT2D eigenvalue weighted by molar-refractivity contribution is 0.299. The number of hydrogen-bond acceptors (Lipinski definition) is 5. The molecular formula is C13H18BrN5O. The smallest absolute Gasteiger partial charge is 0.245 e. The zero-order valence-corrected chi connectivity index (χ0v) is 12.8. The van der Waals surface area contributed by atoms with Gasteiger partial charge >= 0.3 is 0 Å². The summed E-state index contributed by atoms with van der Waals surface area (Å²) in [6, 6.07) is 4.32. The van der Waals surface area contributed by atoms with E-state index in [2.05, 4.69) is 31.3 Å². The normalized spacial score (nSPS) is 18.8. The average molecular weight is 340 g/mol. The molecular weight excluding hydrogens is 322 g/mol. The molecule has 0 saturated carbocycles. The minimum absolute atomic E-state index is 0.101. The van der Waals surface area contributed by atoms with E-state index in [0.29, 0.717) is 18.5 Å². The van der Waals surface area contributed by atoms with E-state index in [1.165, 1.54) is 12.8 Å². The Morgan fingerprint density at radius 2 is 2.45 bits per heavy atom. The summed E-state index contributed by atoms with van der Waals surface area (Å²) in [6.45, 7) is 2.55. The molecule has 0 spiro atoms. The molecule has 6 nitrogen and oxygen atoms in total. The molecule has 2 aromatic rings. The predicted octanol–water partition coefficient (Wildman–Crippen LogP) is 1.04. The number of aliphatic hydroxyl groups excluding tert-OH is 1. The van der Waals surface area contributed by atoms with Crippen LogP contribution in [0.1, 0.15) is 12.8 Å². The van der Waals surface area contributed by atoms with Crippen LogP contribution in [-0.4, -0.2) is 52.0 Å². The third kappa shape index (κ3) is 2.79. The molecule has 1 fully saturated rings. The maximum absolute atomic E-state index is 9.27. The number of aromatic nitrogens is 3. The third-order valence-corrected chi connectivity index (χ3v) is 4.18. The summed E-state index contributed by atoms with van der Waals surface area (Å²) in [5.41, 5.74) is 0.796. The van der Waals surface area contributed by atoms with Gasteiger partial charge in [-0.25, -0.2) is 4.52 Å². The van der Waals surface area contributed by atoms with Crippen LogP contribution in [-0.2, 0) is 0 Å². The number of rotatable bonds is 5. The zero-order valence-electron chi connectivity index (χ0n) is 11.2. The molecule has 0 bridgehead atoms. The van der Waals surface area contributed by atoms with Crippen molar-refractivity contribution in [1.82, 2.24) is 19.9 Å². The maximum atomic E-state index is 9.27. The van der Waals surface area contributed by atoms with Gasteiger partial charge in [0, 0.05) is 25.3 Å². The van der Waals surface area contributed by atoms with E-state index in [1.54, 1.807) is 4.52 Å². The van der Waals surface area contributed by atoms with Crippen molar-refractivity contribution in [2.75, 3.05) is 31.1 Å². The quantitative estimate of drug-likeness (QED) is 0.852. The number of aliphatic hydroxyl groups is 1. The third-order valence-electron chi connectivity index (χ3n) is 3.56. The van der Waals surface area contributed by atoms with Crippen LogP contribution in [0.5, 0.6) is 0 Å². The second-order valence-corrected chi connectivity index (χ2v) is 5.85. The summed E-state index contributed by atoms with van der Waals surface area (Å²) >= 11 is 3.48. The number of hydrogen-bond donors (Lipinski definition) is 2. The fraction of sp³-hybridized carbons (Fsp3) is 0.538. The van der Waals surface area contributed by atoms with Crippen molar-refractivity contribution in [3.05, 3.63) is 22.8 Å². The van der Waals surface area contributed by atoms with Crippen LogP contribution in [0.3, 0.4) is 0 Å². The standard InChI is InChI=1S/C13H18BrN5O/c14-11-4-2-6-19-12(11)16-13(17-19)18(7-8-20)9-10-3-1-5-15-10/h2,4,6,10,15,20H,1,3,5,7-9H2. The highest BCUT2D eigenvalue weighted by atomic mass is 79.9. The average Bonchev–Trinajstić information content (AvgIpc) is 3.07. The number of halogens is 1. The topological polar surface area (TPSA) is 65.7 Å². The lowest BCUT2D eigenvalue weighted by atomic mass is 10.2. The van der Waals surface area contributed by atoms with Gasteiger partial charge in [-0.1, -0.05) is 0 Å². The molecule has 1 aliphatic heterocycles. The number of anilines is 1. The minimum Gasteiger partial charge on any atom is -0.395 e. The molecule has 0 aliphatic carbocycles. The highest BCUT2D eigenvalue weighted by Gasteiger charge is 2.20. The molecule has 108 valence electrons. The van der Waals surface area contributed by atoms with Crippen molar-refractivity contribution in [1.29, 1.82) is 0 Å². The summed E-state index contributed by atoms with van der Waals surface area (Å²) in [7, 11) is 0. The van der Waals surface area contributed by atoms with Crippen molar-refractivity contribution in [2.24, 2.45) is 0 Å². The first-order chi connectivity index (χ1) is 9.78. The first-order valence-corrected chi connectivity index (χ1v) is 7.67. The highest BCUT2D eigenvalue weighted by Crippen LogP contribution is 2.19. The highest BCUT2D eigenvalue weighted by molar-refractivity contribution is 9.10. The van der Waals surface area contributed by atoms with Crippen LogP contribution in [0.4, 0.5) is 5.95 Å². The van der Waals surface area contributed by atoms with Gasteiger partial charge in [0.25, 0.3) is 0 Å². The Hall–Kier alpha value is -1.18. The van der Waals surface area contributed by atoms with Crippen LogP contribution < -0.4 is 10.2 Å². The van der Waals surface area contributed by atoms with Crippen LogP contribution in [0.15, 0.2) is 22.8 Å². The number of fused-ring (bicyclic) bond motifs is 1. The van der Waals surface area contributed by atoms with Gasteiger partial charge in [-0.15, -0.1) is 5.10 Å². The summed E-state index contributed by atoms with van der Waals surface area (Å²) in [5.74, 6) is 0.666. The molecule has 3 rings (SSSR count). The lowest BCUT2D eigenvalue weighted by Gasteiger charge is -2.23. The number of nitrogens with zero attached hydrogens (tertiary/aromatic N) is 4. The molecule has 0 amide bonds. The summed E-state index contributed by atoms with van der Waals surface area (Å²) in [6.07, 6.45) is 4.25. The van der Waals surface area contributed by atoms with Crippen molar-refractivity contribution >= 4 is 27.5 Å². The fourth-order valence-electron chi connectivity index (χ4n) is 2.57. The van der Waals surface area contributed by atoms with Gasteiger partial charge in [0.15, 0.2) is 5.65 Å².